The summed E-state index contributed by atoms with van der Waals surface area (Å²) in [5.74, 6) is -0.417. The summed E-state index contributed by atoms with van der Waals surface area (Å²) in [5, 5.41) is 37.1. The van der Waals surface area contributed by atoms with Crippen LogP contribution in [0.15, 0.2) is 58.9 Å². The molecule has 4 aromatic rings. The van der Waals surface area contributed by atoms with Crippen LogP contribution in [0.5, 0.6) is 5.75 Å². The van der Waals surface area contributed by atoms with Gasteiger partial charge in [-0.25, -0.2) is 19.6 Å². The number of aromatic nitrogens is 2. The highest BCUT2D eigenvalue weighted by atomic mass is 35.5. The smallest absolute Gasteiger partial charge is 0.408 e. The van der Waals surface area contributed by atoms with Crippen molar-refractivity contribution in [2.24, 2.45) is 0 Å². The molecule has 5 rings (SSSR count). The number of carboxylic acids is 1. The van der Waals surface area contributed by atoms with Gasteiger partial charge in [-0.2, -0.15) is 10.5 Å². The lowest BCUT2D eigenvalue weighted by molar-refractivity contribution is -0.150. The number of carbonyl (C=O) groups is 3. The van der Waals surface area contributed by atoms with Crippen molar-refractivity contribution in [1.82, 2.24) is 20.2 Å². The van der Waals surface area contributed by atoms with E-state index in [9.17, 15) is 30.0 Å². The van der Waals surface area contributed by atoms with Gasteiger partial charge in [-0.05, 0) is 77.3 Å². The second-order valence-electron chi connectivity index (χ2n) is 14.0. The summed E-state index contributed by atoms with van der Waals surface area (Å²) in [6.07, 6.45) is 1.14. The van der Waals surface area contributed by atoms with Crippen molar-refractivity contribution in [3.8, 4) is 39.6 Å². The first-order valence-electron chi connectivity index (χ1n) is 17.9. The summed E-state index contributed by atoms with van der Waals surface area (Å²) in [4.78, 5) is 50.3. The number of amides is 2. The Balaban J connectivity index is 1.35. The Labute approximate surface area is 339 Å². The van der Waals surface area contributed by atoms with Crippen LogP contribution in [-0.4, -0.2) is 81.9 Å². The number of rotatable bonds is 14. The molecule has 56 heavy (non-hydrogen) atoms. The number of alkyl carbamates (subject to hydrolysis) is 1. The van der Waals surface area contributed by atoms with Crippen molar-refractivity contribution in [3.63, 3.8) is 0 Å². The Morgan fingerprint density at radius 2 is 1.66 bits per heavy atom. The van der Waals surface area contributed by atoms with E-state index in [0.717, 1.165) is 47.1 Å². The van der Waals surface area contributed by atoms with E-state index >= 15 is 0 Å². The molecule has 2 atom stereocenters. The van der Waals surface area contributed by atoms with E-state index < -0.39 is 35.7 Å². The number of carbonyl (C=O) groups excluding carboxylic acids is 2. The van der Waals surface area contributed by atoms with Gasteiger partial charge in [0.2, 0.25) is 5.91 Å². The number of halogens is 1. The average Bonchev–Trinajstić information content (AvgIpc) is 3.88. The fourth-order valence-electron chi connectivity index (χ4n) is 5.96. The van der Waals surface area contributed by atoms with Crippen LogP contribution in [0.2, 0.25) is 5.02 Å². The molecule has 0 saturated carbocycles. The molecule has 0 bridgehead atoms. The Morgan fingerprint density at radius 3 is 2.27 bits per heavy atom. The van der Waals surface area contributed by atoms with Gasteiger partial charge in [0.1, 0.15) is 63.6 Å². The van der Waals surface area contributed by atoms with Crippen LogP contribution in [0, 0.1) is 22.7 Å². The van der Waals surface area contributed by atoms with Crippen molar-refractivity contribution in [1.29, 1.82) is 10.5 Å². The lowest BCUT2D eigenvalue weighted by Gasteiger charge is -2.30. The quantitative estimate of drug-likeness (QED) is 0.118. The summed E-state index contributed by atoms with van der Waals surface area (Å²) in [5.41, 5.74) is 2.69. The topological polar surface area (TPSA) is 182 Å². The summed E-state index contributed by atoms with van der Waals surface area (Å²) in [6.45, 7) is 9.25. The van der Waals surface area contributed by atoms with Crippen LogP contribution < -0.4 is 15.0 Å². The highest BCUT2D eigenvalue weighted by Crippen LogP contribution is 2.40. The van der Waals surface area contributed by atoms with E-state index in [1.807, 2.05) is 29.6 Å². The molecule has 0 radical (unpaired) electrons. The lowest BCUT2D eigenvalue weighted by atomic mass is 9.96. The molecule has 1 fully saturated rings. The van der Waals surface area contributed by atoms with Crippen molar-refractivity contribution in [2.45, 2.75) is 75.9 Å². The van der Waals surface area contributed by atoms with Crippen molar-refractivity contribution < 1.29 is 29.0 Å². The minimum absolute atomic E-state index is 0.0553. The zero-order chi connectivity index (χ0) is 40.6. The number of nitriles is 2. The van der Waals surface area contributed by atoms with Gasteiger partial charge in [-0.1, -0.05) is 47.6 Å². The molecule has 0 unspecified atom stereocenters. The van der Waals surface area contributed by atoms with Gasteiger partial charge in [-0.15, -0.1) is 11.3 Å². The van der Waals surface area contributed by atoms with Gasteiger partial charge in [0.25, 0.3) is 0 Å². The number of thiazole rings is 1. The Kier molecular flexibility index (Phi) is 13.8. The molecular formula is C40H42ClN7O6S2. The van der Waals surface area contributed by atoms with Gasteiger partial charge >= 0.3 is 12.1 Å². The van der Waals surface area contributed by atoms with Crippen LogP contribution in [0.4, 0.5) is 10.6 Å². The number of carboxylic acid groups (broad SMARTS) is 1. The van der Waals surface area contributed by atoms with Gasteiger partial charge in [0.15, 0.2) is 0 Å². The molecule has 0 aliphatic carbocycles. The number of ether oxygens (including phenoxy) is 2. The second-order valence-corrected chi connectivity index (χ2v) is 16.3. The molecule has 2 amide bonds. The molecule has 2 N–H and O–H groups in total. The Bertz CT molecular complexity index is 2140. The molecule has 292 valence electrons. The minimum Gasteiger partial charge on any atom is -0.492 e. The van der Waals surface area contributed by atoms with Gasteiger partial charge < -0.3 is 29.7 Å². The standard InChI is InChI=1S/C40H42ClN7O6S2/c1-24(44-39(52)54-40(3,4)5)37(49)48(25(2)38(50)51)18-19-53-30-14-10-26(11-15-30)33-31(20-42)34(47-16-6-7-17-47)46-36(32(33)21-43)56-23-29-22-55-35(45-29)27-8-12-28(41)13-9-27/h8-15,22,24-25H,6-7,16-19,23H2,1-5H3,(H,44,52)(H,50,51)/t24-,25-/m0/s1. The predicted molar refractivity (Wildman–Crippen MR) is 216 cm³/mol. The fourth-order valence-corrected chi connectivity index (χ4v) is 7.89. The maximum atomic E-state index is 13.3. The van der Waals surface area contributed by atoms with E-state index in [2.05, 4.69) is 22.4 Å². The number of hydrogen-bond acceptors (Lipinski definition) is 12. The largest absolute Gasteiger partial charge is 0.492 e. The van der Waals surface area contributed by atoms with Crippen LogP contribution in [0.1, 0.15) is 64.3 Å². The Morgan fingerprint density at radius 1 is 1.02 bits per heavy atom. The van der Waals surface area contributed by atoms with Crippen LogP contribution in [0.3, 0.4) is 0 Å². The van der Waals surface area contributed by atoms with Gasteiger partial charge in [0, 0.05) is 40.4 Å². The van der Waals surface area contributed by atoms with Crippen molar-refractivity contribution >= 4 is 58.5 Å². The number of hydrogen-bond donors (Lipinski definition) is 2. The van der Waals surface area contributed by atoms with Crippen molar-refractivity contribution in [2.75, 3.05) is 31.1 Å². The summed E-state index contributed by atoms with van der Waals surface area (Å²) in [6, 6.07) is 16.8. The molecule has 16 heteroatoms. The molecule has 2 aromatic carbocycles. The average molecular weight is 816 g/mol. The number of nitrogens with zero attached hydrogens (tertiary/aromatic N) is 6. The number of pyridine rings is 1. The molecule has 0 spiro atoms. The van der Waals surface area contributed by atoms with Crippen LogP contribution >= 0.6 is 34.7 Å². The number of thioether (sulfide) groups is 1. The third-order valence-electron chi connectivity index (χ3n) is 8.73. The van der Waals surface area contributed by atoms with Gasteiger partial charge in [-0.3, -0.25) is 4.79 Å². The first-order chi connectivity index (χ1) is 26.7. The van der Waals surface area contributed by atoms with E-state index in [-0.39, 0.29) is 18.7 Å². The SMILES string of the molecule is C[C@H](NC(=O)OC(C)(C)C)C(=O)N(CCOc1ccc(-c2c(C#N)c(SCc3csc(-c4ccc(Cl)cc4)n3)nc(N3CCCC3)c2C#N)cc1)[C@@H](C)C(=O)O. The molecule has 13 nitrogen and oxygen atoms in total. The monoisotopic (exact) mass is 815 g/mol. The highest BCUT2D eigenvalue weighted by molar-refractivity contribution is 7.98. The number of anilines is 1. The first kappa shape index (κ1) is 41.8. The molecular weight excluding hydrogens is 774 g/mol. The molecule has 1 saturated heterocycles. The minimum atomic E-state index is -1.22. The zero-order valence-corrected chi connectivity index (χ0v) is 34.1. The van der Waals surface area contributed by atoms with Crippen molar-refractivity contribution in [3.05, 3.63) is 75.8 Å². The maximum Gasteiger partial charge on any atom is 0.408 e. The number of benzene rings is 2. The fraction of sp³-hybridized carbons (Fsp3) is 0.375. The third-order valence-corrected chi connectivity index (χ3v) is 10.9. The molecule has 1 aliphatic heterocycles. The summed E-state index contributed by atoms with van der Waals surface area (Å²) >= 11 is 8.97. The molecule has 2 aromatic heterocycles. The molecule has 1 aliphatic rings. The maximum absolute atomic E-state index is 13.3. The highest BCUT2D eigenvalue weighted by Gasteiger charge is 2.31. The second kappa shape index (κ2) is 18.5. The normalized spacial score (nSPS) is 13.6. The molecule has 3 heterocycles. The summed E-state index contributed by atoms with van der Waals surface area (Å²) in [7, 11) is 0. The third kappa shape index (κ3) is 10.5. The number of nitrogens with one attached hydrogen (secondary N) is 1. The first-order valence-corrected chi connectivity index (χ1v) is 20.2. The van der Waals surface area contributed by atoms with Crippen LogP contribution in [-0.2, 0) is 20.1 Å². The van der Waals surface area contributed by atoms with Crippen LogP contribution in [0.25, 0.3) is 21.7 Å². The van der Waals surface area contributed by atoms with E-state index in [1.165, 1.54) is 36.9 Å². The lowest BCUT2D eigenvalue weighted by Crippen LogP contribution is -2.53. The summed E-state index contributed by atoms with van der Waals surface area (Å²) < 4.78 is 11.2. The zero-order valence-electron chi connectivity index (χ0n) is 31.7. The van der Waals surface area contributed by atoms with E-state index in [1.54, 1.807) is 45.0 Å². The van der Waals surface area contributed by atoms with Gasteiger partial charge in [0.05, 0.1) is 17.8 Å². The van der Waals surface area contributed by atoms with E-state index in [0.29, 0.717) is 44.1 Å². The predicted octanol–water partition coefficient (Wildman–Crippen LogP) is 7.76. The number of aliphatic carboxylic acids is 1. The van der Waals surface area contributed by atoms with E-state index in [4.69, 9.17) is 31.0 Å². The Hall–Kier alpha value is -5.35.